The van der Waals surface area contributed by atoms with Crippen molar-refractivity contribution in [3.8, 4) is 0 Å². The van der Waals surface area contributed by atoms with E-state index in [9.17, 15) is 0 Å². The fraction of sp³-hybridized carbons (Fsp3) is 0.100. The van der Waals surface area contributed by atoms with Crippen LogP contribution in [0.2, 0.25) is 0 Å². The number of fused-ring (bicyclic) bond motifs is 3. The van der Waals surface area contributed by atoms with Gasteiger partial charge < -0.3 is 0 Å². The number of pyridine rings is 1. The van der Waals surface area contributed by atoms with Gasteiger partial charge in [-0.3, -0.25) is 4.40 Å². The Balaban J connectivity index is 2.63. The van der Waals surface area contributed by atoms with E-state index in [1.807, 2.05) is 35.7 Å². The zero-order chi connectivity index (χ0) is 9.54. The van der Waals surface area contributed by atoms with Crippen molar-refractivity contribution >= 4 is 16.7 Å². The van der Waals surface area contributed by atoms with Gasteiger partial charge in [0.15, 0.2) is 0 Å². The van der Waals surface area contributed by atoms with Crippen LogP contribution in [0.3, 0.4) is 0 Å². The summed E-state index contributed by atoms with van der Waals surface area (Å²) in [7, 11) is 0. The van der Waals surface area contributed by atoms with Gasteiger partial charge in [-0.2, -0.15) is 10.2 Å². The molecule has 0 saturated carbocycles. The summed E-state index contributed by atoms with van der Waals surface area (Å²) in [6, 6.07) is 5.92. The zero-order valence-corrected chi connectivity index (χ0v) is 7.68. The van der Waals surface area contributed by atoms with Crippen molar-refractivity contribution in [2.24, 2.45) is 0 Å². The minimum absolute atomic E-state index is 0.867. The van der Waals surface area contributed by atoms with Gasteiger partial charge >= 0.3 is 0 Å². The summed E-state index contributed by atoms with van der Waals surface area (Å²) in [5, 5.41) is 7.90. The van der Waals surface area contributed by atoms with Crippen LogP contribution in [0.1, 0.15) is 5.69 Å². The molecule has 4 heteroatoms. The summed E-state index contributed by atoms with van der Waals surface area (Å²) in [5.74, 6) is 0. The highest BCUT2D eigenvalue weighted by Gasteiger charge is 2.06. The van der Waals surface area contributed by atoms with E-state index in [0.29, 0.717) is 0 Å². The van der Waals surface area contributed by atoms with Crippen LogP contribution in [-0.4, -0.2) is 19.6 Å². The Morgan fingerprint density at radius 1 is 1.29 bits per heavy atom. The summed E-state index contributed by atoms with van der Waals surface area (Å²) in [4.78, 5) is 4.48. The molecule has 0 spiro atoms. The number of hydrogen-bond donors (Lipinski definition) is 0. The molecule has 4 nitrogen and oxygen atoms in total. The molecule has 0 saturated heterocycles. The lowest BCUT2D eigenvalue weighted by Gasteiger charge is -1.93. The quantitative estimate of drug-likeness (QED) is 0.532. The maximum atomic E-state index is 4.48. The van der Waals surface area contributed by atoms with Gasteiger partial charge in [-0.25, -0.2) is 4.98 Å². The molecule has 0 bridgehead atoms. The fourth-order valence-corrected chi connectivity index (χ4v) is 1.62. The molecule has 0 aromatic carbocycles. The van der Waals surface area contributed by atoms with E-state index in [4.69, 9.17) is 0 Å². The molecule has 0 aliphatic rings. The molecule has 0 fully saturated rings. The van der Waals surface area contributed by atoms with Gasteiger partial charge in [0.1, 0.15) is 11.2 Å². The van der Waals surface area contributed by atoms with Crippen LogP contribution in [0.5, 0.6) is 0 Å². The molecule has 3 aromatic rings. The Kier molecular flexibility index (Phi) is 1.33. The molecule has 0 aliphatic carbocycles. The van der Waals surface area contributed by atoms with Crippen LogP contribution in [-0.2, 0) is 0 Å². The Morgan fingerprint density at radius 3 is 3.14 bits per heavy atom. The van der Waals surface area contributed by atoms with E-state index in [0.717, 1.165) is 22.4 Å². The molecule has 0 N–H and O–H groups in total. The minimum Gasteiger partial charge on any atom is -0.298 e. The summed E-state index contributed by atoms with van der Waals surface area (Å²) < 4.78 is 2.01. The molecule has 0 amide bonds. The molecule has 0 atom stereocenters. The standard InChI is InChI=1S/C10H8N4/c1-7-10-8(6-11-13-7)14-5-3-2-4-9(14)12-10/h2-6H,1H3. The molecule has 0 aliphatic heterocycles. The van der Waals surface area contributed by atoms with E-state index in [-0.39, 0.29) is 0 Å². The number of rotatable bonds is 0. The molecule has 14 heavy (non-hydrogen) atoms. The van der Waals surface area contributed by atoms with Crippen molar-refractivity contribution in [2.75, 3.05) is 0 Å². The van der Waals surface area contributed by atoms with E-state index >= 15 is 0 Å². The maximum absolute atomic E-state index is 4.48. The van der Waals surface area contributed by atoms with Gasteiger partial charge in [-0.15, -0.1) is 0 Å². The van der Waals surface area contributed by atoms with Gasteiger partial charge in [0.25, 0.3) is 0 Å². The lowest BCUT2D eigenvalue weighted by atomic mass is 10.3. The first kappa shape index (κ1) is 7.44. The Labute approximate surface area is 80.2 Å². The van der Waals surface area contributed by atoms with Crippen molar-refractivity contribution in [2.45, 2.75) is 6.92 Å². The Hall–Kier alpha value is -1.97. The van der Waals surface area contributed by atoms with Gasteiger partial charge in [-0.1, -0.05) is 6.07 Å². The van der Waals surface area contributed by atoms with E-state index in [1.54, 1.807) is 6.20 Å². The fourth-order valence-electron chi connectivity index (χ4n) is 1.62. The number of aromatic nitrogens is 4. The summed E-state index contributed by atoms with van der Waals surface area (Å²) >= 11 is 0. The molecular weight excluding hydrogens is 176 g/mol. The molecule has 3 heterocycles. The van der Waals surface area contributed by atoms with E-state index < -0.39 is 0 Å². The number of aryl methyl sites for hydroxylation is 1. The van der Waals surface area contributed by atoms with Crippen molar-refractivity contribution in [1.29, 1.82) is 0 Å². The monoisotopic (exact) mass is 184 g/mol. The highest BCUT2D eigenvalue weighted by Crippen LogP contribution is 2.16. The number of imidazole rings is 1. The predicted octanol–water partition coefficient (Wildman–Crippen LogP) is 1.59. The second kappa shape index (κ2) is 2.51. The number of hydrogen-bond acceptors (Lipinski definition) is 3. The second-order valence-electron chi connectivity index (χ2n) is 3.20. The van der Waals surface area contributed by atoms with Crippen LogP contribution >= 0.6 is 0 Å². The first-order valence-electron chi connectivity index (χ1n) is 4.41. The van der Waals surface area contributed by atoms with Crippen LogP contribution < -0.4 is 0 Å². The Morgan fingerprint density at radius 2 is 2.21 bits per heavy atom. The van der Waals surface area contributed by atoms with Crippen LogP contribution in [0.4, 0.5) is 0 Å². The van der Waals surface area contributed by atoms with Crippen LogP contribution in [0.15, 0.2) is 30.6 Å². The van der Waals surface area contributed by atoms with Gasteiger partial charge in [0, 0.05) is 6.20 Å². The smallest absolute Gasteiger partial charge is 0.138 e. The van der Waals surface area contributed by atoms with Gasteiger partial charge in [0.2, 0.25) is 0 Å². The van der Waals surface area contributed by atoms with Crippen molar-refractivity contribution in [3.05, 3.63) is 36.3 Å². The molecule has 68 valence electrons. The Bertz CT molecular complexity index is 612. The lowest BCUT2D eigenvalue weighted by Crippen LogP contribution is -1.87. The van der Waals surface area contributed by atoms with Crippen molar-refractivity contribution < 1.29 is 0 Å². The SMILES string of the molecule is Cc1nncc2c1nc1ccccn12. The van der Waals surface area contributed by atoms with Crippen molar-refractivity contribution in [1.82, 2.24) is 19.6 Å². The largest absolute Gasteiger partial charge is 0.298 e. The lowest BCUT2D eigenvalue weighted by molar-refractivity contribution is 0.994. The normalized spacial score (nSPS) is 11.2. The average molecular weight is 184 g/mol. The van der Waals surface area contributed by atoms with Crippen LogP contribution in [0.25, 0.3) is 16.7 Å². The highest BCUT2D eigenvalue weighted by molar-refractivity contribution is 5.81. The first-order chi connectivity index (χ1) is 6.86. The third-order valence-corrected chi connectivity index (χ3v) is 2.30. The molecular formula is C10H8N4. The molecule has 0 radical (unpaired) electrons. The summed E-state index contributed by atoms with van der Waals surface area (Å²) in [6.07, 6.45) is 3.72. The first-order valence-corrected chi connectivity index (χ1v) is 4.41. The topological polar surface area (TPSA) is 43.1 Å². The highest BCUT2D eigenvalue weighted by atomic mass is 15.1. The van der Waals surface area contributed by atoms with Gasteiger partial charge in [-0.05, 0) is 19.1 Å². The van der Waals surface area contributed by atoms with Gasteiger partial charge in [0.05, 0.1) is 17.4 Å². The molecule has 0 unspecified atom stereocenters. The summed E-state index contributed by atoms with van der Waals surface area (Å²) in [6.45, 7) is 1.92. The van der Waals surface area contributed by atoms with E-state index in [2.05, 4.69) is 15.2 Å². The summed E-state index contributed by atoms with van der Waals surface area (Å²) in [5.41, 5.74) is 3.73. The zero-order valence-electron chi connectivity index (χ0n) is 7.68. The predicted molar refractivity (Wildman–Crippen MR) is 53.0 cm³/mol. The number of nitrogens with zero attached hydrogens (tertiary/aromatic N) is 4. The third kappa shape index (κ3) is 0.849. The third-order valence-electron chi connectivity index (χ3n) is 2.30. The second-order valence-corrected chi connectivity index (χ2v) is 3.20. The minimum atomic E-state index is 0.867. The average Bonchev–Trinajstić information content (AvgIpc) is 2.59. The van der Waals surface area contributed by atoms with E-state index in [1.165, 1.54) is 0 Å². The molecule has 3 aromatic heterocycles. The van der Waals surface area contributed by atoms with Crippen molar-refractivity contribution in [3.63, 3.8) is 0 Å². The maximum Gasteiger partial charge on any atom is 0.138 e. The van der Waals surface area contributed by atoms with Crippen LogP contribution in [0, 0.1) is 6.92 Å². The molecule has 3 rings (SSSR count).